The van der Waals surface area contributed by atoms with Gasteiger partial charge in [-0.15, -0.1) is 0 Å². The van der Waals surface area contributed by atoms with Gasteiger partial charge in [0.25, 0.3) is 0 Å². The Kier molecular flexibility index (Phi) is 76.3. The van der Waals surface area contributed by atoms with Gasteiger partial charge >= 0.3 is 39.5 Å². The zero-order valence-corrected chi connectivity index (χ0v) is 70.0. The summed E-state index contributed by atoms with van der Waals surface area (Å²) < 4.78 is 68.8. The fourth-order valence-electron chi connectivity index (χ4n) is 13.3. The zero-order chi connectivity index (χ0) is 76.2. The Labute approximate surface area is 638 Å². The van der Waals surface area contributed by atoms with Crippen molar-refractivity contribution in [3.05, 3.63) is 0 Å². The molecule has 0 saturated heterocycles. The van der Waals surface area contributed by atoms with Crippen LogP contribution in [0.5, 0.6) is 0 Å². The van der Waals surface area contributed by atoms with Gasteiger partial charge in [-0.05, 0) is 31.6 Å². The molecule has 6 atom stereocenters. The zero-order valence-electron chi connectivity index (χ0n) is 68.2. The number of unbranched alkanes of at least 4 members (excludes halogenated alkanes) is 56. The Balaban J connectivity index is 5.17. The molecule has 0 aliphatic carbocycles. The first-order chi connectivity index (χ1) is 50.6. The average Bonchev–Trinajstić information content (AvgIpc) is 0.906. The van der Waals surface area contributed by atoms with Crippen molar-refractivity contribution < 1.29 is 80.2 Å². The number of phosphoric ester groups is 2. The second kappa shape index (κ2) is 77.8. The van der Waals surface area contributed by atoms with Crippen molar-refractivity contribution in [2.24, 2.45) is 5.92 Å². The van der Waals surface area contributed by atoms with Crippen LogP contribution < -0.4 is 0 Å². The average molecular weight is 1520 g/mol. The molecule has 0 aromatic heterocycles. The molecule has 0 aliphatic rings. The highest BCUT2D eigenvalue weighted by Crippen LogP contribution is 2.45. The van der Waals surface area contributed by atoms with Crippen LogP contribution in [-0.2, 0) is 65.4 Å². The first-order valence-corrected chi connectivity index (χ1v) is 47.2. The fourth-order valence-corrected chi connectivity index (χ4v) is 14.8. The molecule has 0 spiro atoms. The second-order valence-corrected chi connectivity index (χ2v) is 33.7. The van der Waals surface area contributed by atoms with E-state index in [-0.39, 0.29) is 25.7 Å². The number of esters is 4. The lowest BCUT2D eigenvalue weighted by Gasteiger charge is -2.21. The van der Waals surface area contributed by atoms with Crippen LogP contribution in [0.4, 0.5) is 0 Å². The SMILES string of the molecule is CCCCCCCCCCCCCCCCCCCCCCCC(=O)OC[C@H](COP(=O)(O)OC[C@@H](O)COP(=O)(O)OC[C@@H](COC(=O)CCCCCCCCCC)OC(=O)CCCCCCCCCCCCC(C)CC)OC(=O)CCCCCCCCCCCCCCCCCCCCCCC. The van der Waals surface area contributed by atoms with E-state index in [9.17, 15) is 43.2 Å². The summed E-state index contributed by atoms with van der Waals surface area (Å²) in [5, 5.41) is 10.7. The van der Waals surface area contributed by atoms with Crippen LogP contribution in [0.3, 0.4) is 0 Å². The summed E-state index contributed by atoms with van der Waals surface area (Å²) >= 11 is 0. The van der Waals surface area contributed by atoms with Gasteiger partial charge in [0.05, 0.1) is 26.4 Å². The summed E-state index contributed by atoms with van der Waals surface area (Å²) in [6.07, 6.45) is 71.0. The van der Waals surface area contributed by atoms with Crippen molar-refractivity contribution in [2.75, 3.05) is 39.6 Å². The molecule has 3 unspecified atom stereocenters. The first kappa shape index (κ1) is 102. The number of phosphoric acid groups is 2. The number of carbonyl (C=O) groups excluding carboxylic acids is 4. The van der Waals surface area contributed by atoms with E-state index in [1.54, 1.807) is 0 Å². The Morgan fingerprint density at radius 3 is 0.683 bits per heavy atom. The minimum Gasteiger partial charge on any atom is -0.462 e. The summed E-state index contributed by atoms with van der Waals surface area (Å²) in [7, 11) is -9.92. The number of hydrogen-bond donors (Lipinski definition) is 3. The van der Waals surface area contributed by atoms with Gasteiger partial charge in [-0.1, -0.05) is 407 Å². The molecule has 17 nitrogen and oxygen atoms in total. The summed E-state index contributed by atoms with van der Waals surface area (Å²) in [4.78, 5) is 73.1. The molecule has 0 rings (SSSR count). The maximum Gasteiger partial charge on any atom is 0.472 e. The molecule has 3 N–H and O–H groups in total. The molecule has 0 amide bonds. The predicted molar refractivity (Wildman–Crippen MR) is 428 cm³/mol. The van der Waals surface area contributed by atoms with E-state index < -0.39 is 97.5 Å². The van der Waals surface area contributed by atoms with Crippen LogP contribution in [0.15, 0.2) is 0 Å². The van der Waals surface area contributed by atoms with Crippen LogP contribution in [0, 0.1) is 5.92 Å². The normalized spacial score (nSPS) is 14.0. The Morgan fingerprint density at radius 2 is 0.462 bits per heavy atom. The number of hydrogen-bond acceptors (Lipinski definition) is 15. The minimum absolute atomic E-state index is 0.107. The quantitative estimate of drug-likeness (QED) is 0.0222. The Bertz CT molecular complexity index is 1980. The highest BCUT2D eigenvalue weighted by Gasteiger charge is 2.30. The van der Waals surface area contributed by atoms with Crippen LogP contribution >= 0.6 is 15.6 Å². The minimum atomic E-state index is -4.96. The van der Waals surface area contributed by atoms with Crippen LogP contribution in [0.1, 0.15) is 458 Å². The summed E-state index contributed by atoms with van der Waals surface area (Å²) in [6.45, 7) is 7.34. The third-order valence-corrected chi connectivity index (χ3v) is 22.3. The van der Waals surface area contributed by atoms with Gasteiger partial charge in [-0.2, -0.15) is 0 Å². The molecular weight excluding hydrogens is 1350 g/mol. The highest BCUT2D eigenvalue weighted by molar-refractivity contribution is 7.47. The molecule has 0 aliphatic heterocycles. The maximum atomic E-state index is 13.1. The van der Waals surface area contributed by atoms with Crippen molar-refractivity contribution in [2.45, 2.75) is 477 Å². The Hall–Kier alpha value is -1.94. The molecule has 0 bridgehead atoms. The van der Waals surface area contributed by atoms with Crippen LogP contribution in [0.2, 0.25) is 0 Å². The van der Waals surface area contributed by atoms with E-state index in [0.29, 0.717) is 25.7 Å². The summed E-state index contributed by atoms with van der Waals surface area (Å²) in [6, 6.07) is 0. The molecule has 0 fully saturated rings. The molecular formula is C85H166O17P2. The van der Waals surface area contributed by atoms with Crippen LogP contribution in [0.25, 0.3) is 0 Å². The molecule has 0 saturated carbocycles. The summed E-state index contributed by atoms with van der Waals surface area (Å²) in [5.41, 5.74) is 0. The lowest BCUT2D eigenvalue weighted by molar-refractivity contribution is -0.161. The van der Waals surface area contributed by atoms with E-state index >= 15 is 0 Å². The molecule has 0 heterocycles. The van der Waals surface area contributed by atoms with Gasteiger partial charge in [0.15, 0.2) is 12.2 Å². The molecule has 104 heavy (non-hydrogen) atoms. The number of aliphatic hydroxyl groups excluding tert-OH is 1. The van der Waals surface area contributed by atoms with Crippen molar-refractivity contribution in [1.82, 2.24) is 0 Å². The van der Waals surface area contributed by atoms with E-state index in [1.807, 2.05) is 0 Å². The number of ether oxygens (including phenoxy) is 4. The predicted octanol–water partition coefficient (Wildman–Crippen LogP) is 26.0. The largest absolute Gasteiger partial charge is 0.472 e. The second-order valence-electron chi connectivity index (χ2n) is 30.8. The van der Waals surface area contributed by atoms with E-state index in [4.69, 9.17) is 37.0 Å². The van der Waals surface area contributed by atoms with Gasteiger partial charge < -0.3 is 33.8 Å². The molecule has 618 valence electrons. The maximum absolute atomic E-state index is 13.1. The summed E-state index contributed by atoms with van der Waals surface area (Å²) in [5.74, 6) is -1.30. The number of rotatable bonds is 85. The number of aliphatic hydroxyl groups is 1. The monoisotopic (exact) mass is 1520 g/mol. The Morgan fingerprint density at radius 1 is 0.269 bits per heavy atom. The van der Waals surface area contributed by atoms with Crippen LogP contribution in [-0.4, -0.2) is 96.7 Å². The van der Waals surface area contributed by atoms with E-state index in [1.165, 1.54) is 276 Å². The van der Waals surface area contributed by atoms with Crippen molar-refractivity contribution in [1.29, 1.82) is 0 Å². The van der Waals surface area contributed by atoms with Crippen molar-refractivity contribution in [3.8, 4) is 0 Å². The smallest absolute Gasteiger partial charge is 0.462 e. The van der Waals surface area contributed by atoms with Crippen molar-refractivity contribution in [3.63, 3.8) is 0 Å². The third kappa shape index (κ3) is 76.8. The molecule has 0 aromatic rings. The van der Waals surface area contributed by atoms with Gasteiger partial charge in [-0.3, -0.25) is 37.3 Å². The lowest BCUT2D eigenvalue weighted by atomic mass is 9.99. The fraction of sp³-hybridized carbons (Fsp3) is 0.953. The van der Waals surface area contributed by atoms with E-state index in [0.717, 1.165) is 102 Å². The lowest BCUT2D eigenvalue weighted by Crippen LogP contribution is -2.30. The van der Waals surface area contributed by atoms with E-state index in [2.05, 4.69) is 34.6 Å². The van der Waals surface area contributed by atoms with Gasteiger partial charge in [0.1, 0.15) is 19.3 Å². The molecule has 0 aromatic carbocycles. The third-order valence-electron chi connectivity index (χ3n) is 20.4. The number of carbonyl (C=O) groups is 4. The van der Waals surface area contributed by atoms with Gasteiger partial charge in [0.2, 0.25) is 0 Å². The van der Waals surface area contributed by atoms with Gasteiger partial charge in [-0.25, -0.2) is 9.13 Å². The molecule has 19 heteroatoms. The highest BCUT2D eigenvalue weighted by atomic mass is 31.2. The first-order valence-electron chi connectivity index (χ1n) is 44.2. The van der Waals surface area contributed by atoms with Crippen molar-refractivity contribution >= 4 is 39.5 Å². The topological polar surface area (TPSA) is 237 Å². The molecule has 0 radical (unpaired) electrons. The van der Waals surface area contributed by atoms with Gasteiger partial charge in [0, 0.05) is 25.7 Å². The standard InChI is InChI=1S/C85H166O17P2/c1-6-10-13-16-19-22-24-26-28-30-32-34-36-38-40-42-44-49-54-59-64-69-83(88)96-75-81(102-84(89)70-65-60-55-50-45-43-41-39-37-35-33-31-29-27-25-23-20-17-14-11-7-2)77-100-104(93,94)98-73-79(86)72-97-103(91,92)99-76-80(74-95-82(87)68-63-58-53-21-18-15-12-8-3)101-85(90)71-66-61-56-51-47-46-48-52-57-62-67-78(5)9-4/h78-81,86H,6-77H2,1-5H3,(H,91,92)(H,93,94)/t78?,79-,80+,81+/m0/s1.